The lowest BCUT2D eigenvalue weighted by atomic mass is 10.0. The van der Waals surface area contributed by atoms with Crippen molar-refractivity contribution in [1.29, 1.82) is 0 Å². The number of aromatic hydroxyl groups is 2. The molecule has 0 saturated heterocycles. The second-order valence-corrected chi connectivity index (χ2v) is 5.43. The van der Waals surface area contributed by atoms with Gasteiger partial charge in [0.1, 0.15) is 11.5 Å². The zero-order valence-electron chi connectivity index (χ0n) is 12.5. The first-order valence-electron chi connectivity index (χ1n) is 7.55. The number of aliphatic hydroxyl groups is 1. The molecule has 0 radical (unpaired) electrons. The Morgan fingerprint density at radius 2 is 1.41 bits per heavy atom. The van der Waals surface area contributed by atoms with E-state index in [1.165, 1.54) is 0 Å². The SMILES string of the molecule is Oc1ccc(/C=C\CCC(O)CCc2ccc(O)cc2)cc1. The number of aryl methyl sites for hydroxylation is 1. The standard InChI is InChI=1S/C19H22O3/c20-17(10-7-16-8-13-19(22)14-9-16)4-2-1-3-15-5-11-18(21)12-6-15/h1,3,5-6,8-9,11-14,17,20-22H,2,4,7,10H2/b3-1-. The predicted octanol–water partition coefficient (Wildman–Crippen LogP) is 3.88. The summed E-state index contributed by atoms with van der Waals surface area (Å²) in [5.41, 5.74) is 2.16. The fraction of sp³-hybridized carbons (Fsp3) is 0.263. The van der Waals surface area contributed by atoms with Gasteiger partial charge in [-0.3, -0.25) is 0 Å². The van der Waals surface area contributed by atoms with E-state index in [1.807, 2.05) is 36.4 Å². The van der Waals surface area contributed by atoms with Crippen molar-refractivity contribution in [2.24, 2.45) is 0 Å². The van der Waals surface area contributed by atoms with Crippen LogP contribution < -0.4 is 0 Å². The third-order valence-corrected chi connectivity index (χ3v) is 3.57. The molecule has 0 spiro atoms. The minimum absolute atomic E-state index is 0.266. The van der Waals surface area contributed by atoms with Crippen LogP contribution in [0.1, 0.15) is 30.4 Å². The molecule has 0 aromatic heterocycles. The van der Waals surface area contributed by atoms with Crippen LogP contribution in [0.2, 0.25) is 0 Å². The number of aliphatic hydroxyl groups excluding tert-OH is 1. The van der Waals surface area contributed by atoms with Crippen LogP contribution in [0.3, 0.4) is 0 Å². The molecule has 22 heavy (non-hydrogen) atoms. The van der Waals surface area contributed by atoms with Gasteiger partial charge in [0.25, 0.3) is 0 Å². The number of benzene rings is 2. The van der Waals surface area contributed by atoms with Gasteiger partial charge in [-0.2, -0.15) is 0 Å². The van der Waals surface area contributed by atoms with E-state index in [1.54, 1.807) is 24.3 Å². The van der Waals surface area contributed by atoms with Gasteiger partial charge in [-0.15, -0.1) is 0 Å². The van der Waals surface area contributed by atoms with Gasteiger partial charge in [0.2, 0.25) is 0 Å². The molecule has 116 valence electrons. The minimum Gasteiger partial charge on any atom is -0.508 e. The molecule has 0 aliphatic rings. The summed E-state index contributed by atoms with van der Waals surface area (Å²) in [6.45, 7) is 0. The van der Waals surface area contributed by atoms with E-state index >= 15 is 0 Å². The zero-order chi connectivity index (χ0) is 15.8. The van der Waals surface area contributed by atoms with Crippen LogP contribution in [0.4, 0.5) is 0 Å². The summed E-state index contributed by atoms with van der Waals surface area (Å²) in [7, 11) is 0. The number of hydrogen-bond acceptors (Lipinski definition) is 3. The first-order valence-corrected chi connectivity index (χ1v) is 7.55. The van der Waals surface area contributed by atoms with Gasteiger partial charge in [0, 0.05) is 0 Å². The van der Waals surface area contributed by atoms with Crippen LogP contribution in [-0.4, -0.2) is 21.4 Å². The second kappa shape index (κ2) is 8.25. The van der Waals surface area contributed by atoms with E-state index < -0.39 is 0 Å². The Kier molecular flexibility index (Phi) is 6.04. The Balaban J connectivity index is 1.68. The first kappa shape index (κ1) is 16.1. The molecular formula is C19H22O3. The second-order valence-electron chi connectivity index (χ2n) is 5.43. The van der Waals surface area contributed by atoms with Crippen LogP contribution in [0.15, 0.2) is 54.6 Å². The van der Waals surface area contributed by atoms with Gasteiger partial charge in [0.05, 0.1) is 6.10 Å². The molecule has 0 amide bonds. The maximum absolute atomic E-state index is 9.98. The van der Waals surface area contributed by atoms with Gasteiger partial charge >= 0.3 is 0 Å². The van der Waals surface area contributed by atoms with Crippen molar-refractivity contribution in [3.63, 3.8) is 0 Å². The summed E-state index contributed by atoms with van der Waals surface area (Å²) in [5.74, 6) is 0.533. The summed E-state index contributed by atoms with van der Waals surface area (Å²) in [6, 6.07) is 14.1. The lowest BCUT2D eigenvalue weighted by Gasteiger charge is -2.09. The van der Waals surface area contributed by atoms with Crippen molar-refractivity contribution in [1.82, 2.24) is 0 Å². The molecule has 3 heteroatoms. The van der Waals surface area contributed by atoms with Crippen LogP contribution >= 0.6 is 0 Å². The Hall–Kier alpha value is -2.26. The van der Waals surface area contributed by atoms with E-state index in [4.69, 9.17) is 0 Å². The maximum Gasteiger partial charge on any atom is 0.115 e. The van der Waals surface area contributed by atoms with Crippen molar-refractivity contribution in [2.75, 3.05) is 0 Å². The van der Waals surface area contributed by atoms with Gasteiger partial charge in [-0.1, -0.05) is 36.4 Å². The molecule has 1 unspecified atom stereocenters. The number of phenolic OH excluding ortho intramolecular Hbond substituents is 2. The highest BCUT2D eigenvalue weighted by molar-refractivity contribution is 5.50. The van der Waals surface area contributed by atoms with E-state index in [0.29, 0.717) is 0 Å². The number of phenols is 2. The van der Waals surface area contributed by atoms with Crippen LogP contribution in [-0.2, 0) is 6.42 Å². The molecule has 2 aromatic carbocycles. The number of allylic oxidation sites excluding steroid dienone is 1. The average Bonchev–Trinajstić information content (AvgIpc) is 2.53. The molecular weight excluding hydrogens is 276 g/mol. The predicted molar refractivity (Wildman–Crippen MR) is 88.8 cm³/mol. The van der Waals surface area contributed by atoms with Gasteiger partial charge in [-0.05, 0) is 61.1 Å². The van der Waals surface area contributed by atoms with Crippen molar-refractivity contribution in [3.05, 3.63) is 65.7 Å². The monoisotopic (exact) mass is 298 g/mol. The lowest BCUT2D eigenvalue weighted by Crippen LogP contribution is -2.07. The Labute approximate surface area is 131 Å². The normalized spacial score (nSPS) is 12.6. The Morgan fingerprint density at radius 1 is 0.818 bits per heavy atom. The summed E-state index contributed by atoms with van der Waals surface area (Å²) < 4.78 is 0. The van der Waals surface area contributed by atoms with E-state index in [9.17, 15) is 15.3 Å². The Morgan fingerprint density at radius 3 is 2.05 bits per heavy atom. The molecule has 3 nitrogen and oxygen atoms in total. The molecule has 1 atom stereocenters. The van der Waals surface area contributed by atoms with Gasteiger partial charge < -0.3 is 15.3 Å². The van der Waals surface area contributed by atoms with Crippen molar-refractivity contribution < 1.29 is 15.3 Å². The van der Waals surface area contributed by atoms with Crippen LogP contribution in [0.5, 0.6) is 11.5 Å². The fourth-order valence-corrected chi connectivity index (χ4v) is 2.23. The summed E-state index contributed by atoms with van der Waals surface area (Å²) in [5, 5.41) is 28.4. The minimum atomic E-state index is -0.321. The molecule has 0 aliphatic heterocycles. The lowest BCUT2D eigenvalue weighted by molar-refractivity contribution is 0.156. The van der Waals surface area contributed by atoms with Gasteiger partial charge in [-0.25, -0.2) is 0 Å². The highest BCUT2D eigenvalue weighted by Crippen LogP contribution is 2.14. The highest BCUT2D eigenvalue weighted by atomic mass is 16.3. The molecule has 0 saturated carbocycles. The summed E-state index contributed by atoms with van der Waals surface area (Å²) >= 11 is 0. The number of rotatable bonds is 7. The molecule has 0 aliphatic carbocycles. The smallest absolute Gasteiger partial charge is 0.115 e. The molecule has 3 N–H and O–H groups in total. The van der Waals surface area contributed by atoms with E-state index in [-0.39, 0.29) is 17.6 Å². The molecule has 0 fully saturated rings. The van der Waals surface area contributed by atoms with Crippen LogP contribution in [0, 0.1) is 0 Å². The fourth-order valence-electron chi connectivity index (χ4n) is 2.23. The summed E-state index contributed by atoms with van der Waals surface area (Å²) in [6.07, 6.45) is 6.78. The highest BCUT2D eigenvalue weighted by Gasteiger charge is 2.03. The molecule has 2 aromatic rings. The van der Waals surface area contributed by atoms with E-state index in [0.717, 1.165) is 36.8 Å². The van der Waals surface area contributed by atoms with Crippen molar-refractivity contribution in [3.8, 4) is 11.5 Å². The topological polar surface area (TPSA) is 60.7 Å². The third-order valence-electron chi connectivity index (χ3n) is 3.57. The van der Waals surface area contributed by atoms with E-state index in [2.05, 4.69) is 0 Å². The Bertz CT molecular complexity index is 585. The quantitative estimate of drug-likeness (QED) is 0.727. The average molecular weight is 298 g/mol. The third kappa shape index (κ3) is 5.62. The number of hydrogen-bond donors (Lipinski definition) is 3. The molecule has 2 rings (SSSR count). The van der Waals surface area contributed by atoms with Crippen molar-refractivity contribution >= 4 is 6.08 Å². The van der Waals surface area contributed by atoms with Crippen molar-refractivity contribution in [2.45, 2.75) is 31.8 Å². The largest absolute Gasteiger partial charge is 0.508 e. The first-order chi connectivity index (χ1) is 10.6. The van der Waals surface area contributed by atoms with Crippen LogP contribution in [0.25, 0.3) is 6.08 Å². The zero-order valence-corrected chi connectivity index (χ0v) is 12.5. The van der Waals surface area contributed by atoms with Gasteiger partial charge in [0.15, 0.2) is 0 Å². The molecule has 0 bridgehead atoms. The molecule has 0 heterocycles. The summed E-state index contributed by atoms with van der Waals surface area (Å²) in [4.78, 5) is 0. The maximum atomic E-state index is 9.98.